The van der Waals surface area contributed by atoms with Crippen molar-refractivity contribution in [3.63, 3.8) is 0 Å². The molecule has 2 rings (SSSR count). The number of rotatable bonds is 3. The fraction of sp³-hybridized carbons (Fsp3) is 0.923. The van der Waals surface area contributed by atoms with Crippen LogP contribution in [-0.2, 0) is 4.79 Å². The summed E-state index contributed by atoms with van der Waals surface area (Å²) in [6.07, 6.45) is 7.43. The Labute approximate surface area is 98.8 Å². The van der Waals surface area contributed by atoms with Crippen LogP contribution in [0, 0.1) is 5.92 Å². The number of hydrogen-bond acceptors (Lipinski definition) is 1. The van der Waals surface area contributed by atoms with Crippen LogP contribution in [0.15, 0.2) is 0 Å². The molecule has 0 aromatic heterocycles. The van der Waals surface area contributed by atoms with Gasteiger partial charge in [0.1, 0.15) is 0 Å². The molecular formula is C13H25N2O+. The summed E-state index contributed by atoms with van der Waals surface area (Å²) >= 11 is 0. The molecule has 0 atom stereocenters. The number of quaternary nitrogens is 1. The van der Waals surface area contributed by atoms with Gasteiger partial charge in [0.05, 0.1) is 33.2 Å². The molecule has 0 radical (unpaired) electrons. The fourth-order valence-corrected chi connectivity index (χ4v) is 2.92. The molecule has 0 aromatic rings. The van der Waals surface area contributed by atoms with E-state index in [9.17, 15) is 4.79 Å². The van der Waals surface area contributed by atoms with Crippen LogP contribution < -0.4 is 4.90 Å². The maximum Gasteiger partial charge on any atom is 0.222 e. The van der Waals surface area contributed by atoms with Crippen LogP contribution in [-0.4, -0.2) is 44.0 Å². The summed E-state index contributed by atoms with van der Waals surface area (Å²) in [4.78, 5) is 15.6. The second-order valence-electron chi connectivity index (χ2n) is 5.53. The van der Waals surface area contributed by atoms with Crippen LogP contribution in [0.2, 0.25) is 0 Å². The first-order valence-corrected chi connectivity index (χ1v) is 6.85. The predicted octanol–water partition coefficient (Wildman–Crippen LogP) is 0.314. The van der Waals surface area contributed by atoms with Gasteiger partial charge >= 0.3 is 0 Å². The smallest absolute Gasteiger partial charge is 0.222 e. The number of nitrogens with one attached hydrogen (secondary N) is 1. The summed E-state index contributed by atoms with van der Waals surface area (Å²) < 4.78 is 0. The molecule has 1 saturated carbocycles. The first kappa shape index (κ1) is 11.9. The highest BCUT2D eigenvalue weighted by Crippen LogP contribution is 2.28. The Morgan fingerprint density at radius 1 is 1.25 bits per heavy atom. The average molecular weight is 225 g/mol. The van der Waals surface area contributed by atoms with Crippen molar-refractivity contribution >= 4 is 5.91 Å². The van der Waals surface area contributed by atoms with Gasteiger partial charge in [-0.2, -0.15) is 0 Å². The van der Waals surface area contributed by atoms with E-state index >= 15 is 0 Å². The molecule has 1 saturated heterocycles. The zero-order chi connectivity index (χ0) is 11.4. The van der Waals surface area contributed by atoms with Gasteiger partial charge in [-0.1, -0.05) is 25.7 Å². The topological polar surface area (TPSA) is 24.8 Å². The van der Waals surface area contributed by atoms with Crippen LogP contribution in [0.1, 0.15) is 38.5 Å². The van der Waals surface area contributed by atoms with Crippen molar-refractivity contribution in [2.24, 2.45) is 5.92 Å². The SMILES string of the molecule is C[NH+]1CCN(C(=O)CCC2CCCC2)CC1. The second kappa shape index (κ2) is 5.67. The number of likely N-dealkylation sites (N-methyl/N-ethyl adjacent to an activating group) is 1. The van der Waals surface area contributed by atoms with Crippen molar-refractivity contribution in [2.45, 2.75) is 38.5 Å². The molecule has 3 heteroatoms. The standard InChI is InChI=1S/C13H24N2O/c1-14-8-10-15(11-9-14)13(16)7-6-12-4-2-3-5-12/h12H,2-11H2,1H3/p+1. The monoisotopic (exact) mass is 225 g/mol. The van der Waals surface area contributed by atoms with Gasteiger partial charge < -0.3 is 9.80 Å². The quantitative estimate of drug-likeness (QED) is 0.735. The van der Waals surface area contributed by atoms with E-state index in [1.807, 2.05) is 0 Å². The largest absolute Gasteiger partial charge is 0.334 e. The number of nitrogens with zero attached hydrogens (tertiary/aromatic N) is 1. The Morgan fingerprint density at radius 2 is 1.88 bits per heavy atom. The van der Waals surface area contributed by atoms with Crippen LogP contribution in [0.3, 0.4) is 0 Å². The van der Waals surface area contributed by atoms with E-state index in [0.29, 0.717) is 5.91 Å². The molecule has 1 aliphatic heterocycles. The third-order valence-electron chi connectivity index (χ3n) is 4.21. The summed E-state index contributed by atoms with van der Waals surface area (Å²) in [5.41, 5.74) is 0. The second-order valence-corrected chi connectivity index (χ2v) is 5.53. The maximum atomic E-state index is 12.0. The Hall–Kier alpha value is -0.570. The van der Waals surface area contributed by atoms with Crippen LogP contribution >= 0.6 is 0 Å². The molecule has 0 aromatic carbocycles. The van der Waals surface area contributed by atoms with Crippen LogP contribution in [0.5, 0.6) is 0 Å². The van der Waals surface area contributed by atoms with E-state index in [2.05, 4.69) is 11.9 Å². The van der Waals surface area contributed by atoms with E-state index in [0.717, 1.165) is 44.9 Å². The average Bonchev–Trinajstić information content (AvgIpc) is 2.80. The molecule has 0 bridgehead atoms. The van der Waals surface area contributed by atoms with E-state index in [1.54, 1.807) is 4.90 Å². The molecule has 0 unspecified atom stereocenters. The predicted molar refractivity (Wildman–Crippen MR) is 64.4 cm³/mol. The van der Waals surface area contributed by atoms with Crippen molar-refractivity contribution in [3.8, 4) is 0 Å². The number of carbonyl (C=O) groups excluding carboxylic acids is 1. The molecule has 2 aliphatic rings. The Kier molecular flexibility index (Phi) is 4.22. The Balaban J connectivity index is 1.67. The molecule has 16 heavy (non-hydrogen) atoms. The van der Waals surface area contributed by atoms with Gasteiger partial charge in [-0.05, 0) is 12.3 Å². The minimum Gasteiger partial charge on any atom is -0.334 e. The third-order valence-corrected chi connectivity index (χ3v) is 4.21. The highest BCUT2D eigenvalue weighted by molar-refractivity contribution is 5.76. The molecule has 1 aliphatic carbocycles. The molecule has 1 heterocycles. The number of amides is 1. The molecular weight excluding hydrogens is 200 g/mol. The van der Waals surface area contributed by atoms with Gasteiger partial charge in [-0.25, -0.2) is 0 Å². The first-order valence-electron chi connectivity index (χ1n) is 6.85. The lowest BCUT2D eigenvalue weighted by atomic mass is 10.0. The molecule has 92 valence electrons. The minimum absolute atomic E-state index is 0.402. The summed E-state index contributed by atoms with van der Waals surface area (Å²) in [6, 6.07) is 0. The summed E-state index contributed by atoms with van der Waals surface area (Å²) in [5.74, 6) is 1.25. The van der Waals surface area contributed by atoms with Gasteiger partial charge in [0, 0.05) is 6.42 Å². The molecule has 3 nitrogen and oxygen atoms in total. The Bertz CT molecular complexity index is 228. The lowest BCUT2D eigenvalue weighted by molar-refractivity contribution is -0.883. The van der Waals surface area contributed by atoms with Crippen molar-refractivity contribution in [2.75, 3.05) is 33.2 Å². The van der Waals surface area contributed by atoms with E-state index in [4.69, 9.17) is 0 Å². The van der Waals surface area contributed by atoms with E-state index in [-0.39, 0.29) is 0 Å². The van der Waals surface area contributed by atoms with Crippen molar-refractivity contribution in [1.82, 2.24) is 4.90 Å². The van der Waals surface area contributed by atoms with Crippen molar-refractivity contribution < 1.29 is 9.69 Å². The van der Waals surface area contributed by atoms with Gasteiger partial charge in [-0.15, -0.1) is 0 Å². The van der Waals surface area contributed by atoms with Gasteiger partial charge in [-0.3, -0.25) is 4.79 Å². The lowest BCUT2D eigenvalue weighted by Gasteiger charge is -2.30. The zero-order valence-corrected chi connectivity index (χ0v) is 10.5. The zero-order valence-electron chi connectivity index (χ0n) is 10.5. The van der Waals surface area contributed by atoms with Crippen molar-refractivity contribution in [1.29, 1.82) is 0 Å². The van der Waals surface area contributed by atoms with E-state index in [1.165, 1.54) is 25.7 Å². The molecule has 0 spiro atoms. The lowest BCUT2D eigenvalue weighted by Crippen LogP contribution is -3.12. The third kappa shape index (κ3) is 3.21. The van der Waals surface area contributed by atoms with Gasteiger partial charge in [0.15, 0.2) is 0 Å². The summed E-state index contributed by atoms with van der Waals surface area (Å²) in [6.45, 7) is 4.18. The minimum atomic E-state index is 0.402. The first-order chi connectivity index (χ1) is 7.75. The maximum absolute atomic E-state index is 12.0. The molecule has 1 N–H and O–H groups in total. The number of piperazine rings is 1. The molecule has 1 amide bonds. The van der Waals surface area contributed by atoms with Crippen LogP contribution in [0.4, 0.5) is 0 Å². The van der Waals surface area contributed by atoms with Crippen LogP contribution in [0.25, 0.3) is 0 Å². The highest BCUT2D eigenvalue weighted by atomic mass is 16.2. The highest BCUT2D eigenvalue weighted by Gasteiger charge is 2.22. The molecule has 2 fully saturated rings. The Morgan fingerprint density at radius 3 is 2.50 bits per heavy atom. The van der Waals surface area contributed by atoms with E-state index < -0.39 is 0 Å². The van der Waals surface area contributed by atoms with Crippen molar-refractivity contribution in [3.05, 3.63) is 0 Å². The van der Waals surface area contributed by atoms with Gasteiger partial charge in [0.2, 0.25) is 5.91 Å². The number of hydrogen-bond donors (Lipinski definition) is 1. The fourth-order valence-electron chi connectivity index (χ4n) is 2.92. The summed E-state index contributed by atoms with van der Waals surface area (Å²) in [5, 5.41) is 0. The normalized spacial score (nSPS) is 23.9. The number of carbonyl (C=O) groups is 1. The summed E-state index contributed by atoms with van der Waals surface area (Å²) in [7, 11) is 2.21. The van der Waals surface area contributed by atoms with Gasteiger partial charge in [0.25, 0.3) is 0 Å².